The van der Waals surface area contributed by atoms with Crippen molar-refractivity contribution >= 4 is 0 Å². The number of hydrogen-bond acceptors (Lipinski definition) is 4. The van der Waals surface area contributed by atoms with E-state index in [0.717, 1.165) is 29.4 Å². The molecule has 2 rings (SSSR count). The zero-order chi connectivity index (χ0) is 16.7. The molecule has 0 aliphatic rings. The normalized spacial score (nSPS) is 11.8. The molecule has 0 aromatic heterocycles. The summed E-state index contributed by atoms with van der Waals surface area (Å²) in [5.41, 5.74) is 2.35. The van der Waals surface area contributed by atoms with E-state index in [1.165, 1.54) is 5.56 Å². The number of methoxy groups -OCH3 is 2. The van der Waals surface area contributed by atoms with E-state index in [-0.39, 0.29) is 6.04 Å². The minimum Gasteiger partial charge on any atom is -0.494 e. The highest BCUT2D eigenvalue weighted by Gasteiger charge is 2.10. The van der Waals surface area contributed by atoms with Gasteiger partial charge in [-0.05, 0) is 49.2 Å². The van der Waals surface area contributed by atoms with E-state index in [1.54, 1.807) is 14.2 Å². The summed E-state index contributed by atoms with van der Waals surface area (Å²) in [6, 6.07) is 14.3. The van der Waals surface area contributed by atoms with Gasteiger partial charge in [0.1, 0.15) is 5.75 Å². The molecule has 4 heteroatoms. The van der Waals surface area contributed by atoms with Gasteiger partial charge in [-0.1, -0.05) is 18.2 Å². The van der Waals surface area contributed by atoms with Gasteiger partial charge in [0, 0.05) is 12.6 Å². The van der Waals surface area contributed by atoms with Crippen molar-refractivity contribution in [3.63, 3.8) is 0 Å². The molecule has 0 aliphatic carbocycles. The Morgan fingerprint density at radius 1 is 1.00 bits per heavy atom. The zero-order valence-corrected chi connectivity index (χ0v) is 14.3. The lowest BCUT2D eigenvalue weighted by atomic mass is 10.1. The molecule has 0 spiro atoms. The molecule has 0 amide bonds. The molecule has 0 radical (unpaired) electrons. The van der Waals surface area contributed by atoms with Gasteiger partial charge in [-0.25, -0.2) is 0 Å². The molecule has 0 saturated heterocycles. The molecule has 1 unspecified atom stereocenters. The van der Waals surface area contributed by atoms with Crippen molar-refractivity contribution in [3.8, 4) is 17.2 Å². The predicted molar refractivity (Wildman–Crippen MR) is 92.4 cm³/mol. The fraction of sp³-hybridized carbons (Fsp3) is 0.368. The molecule has 2 aromatic carbocycles. The van der Waals surface area contributed by atoms with Crippen molar-refractivity contribution in [1.29, 1.82) is 0 Å². The maximum absolute atomic E-state index is 5.54. The summed E-state index contributed by atoms with van der Waals surface area (Å²) in [6.07, 6.45) is 0. The number of rotatable bonds is 8. The standard InChI is InChI=1S/C19H25NO3/c1-5-23-17-8-6-7-15(11-17)13-20-14(2)16-9-10-18(21-3)19(12-16)22-4/h6-12,14,20H,5,13H2,1-4H3. The van der Waals surface area contributed by atoms with Crippen molar-refractivity contribution in [2.24, 2.45) is 0 Å². The fourth-order valence-electron chi connectivity index (χ4n) is 2.42. The van der Waals surface area contributed by atoms with Crippen LogP contribution in [-0.4, -0.2) is 20.8 Å². The van der Waals surface area contributed by atoms with Gasteiger partial charge >= 0.3 is 0 Å². The quantitative estimate of drug-likeness (QED) is 0.800. The van der Waals surface area contributed by atoms with Crippen LogP contribution in [0.1, 0.15) is 31.0 Å². The van der Waals surface area contributed by atoms with Crippen LogP contribution in [0.5, 0.6) is 17.2 Å². The lowest BCUT2D eigenvalue weighted by Crippen LogP contribution is -2.18. The summed E-state index contributed by atoms with van der Waals surface area (Å²) in [4.78, 5) is 0. The van der Waals surface area contributed by atoms with Crippen molar-refractivity contribution in [3.05, 3.63) is 53.6 Å². The first-order chi connectivity index (χ1) is 11.2. The van der Waals surface area contributed by atoms with Crippen LogP contribution >= 0.6 is 0 Å². The molecule has 0 heterocycles. The maximum Gasteiger partial charge on any atom is 0.161 e. The Labute approximate surface area is 138 Å². The second kappa shape index (κ2) is 8.44. The van der Waals surface area contributed by atoms with E-state index >= 15 is 0 Å². The minimum atomic E-state index is 0.200. The first-order valence-corrected chi connectivity index (χ1v) is 7.85. The molecule has 0 saturated carbocycles. The molecule has 0 fully saturated rings. The van der Waals surface area contributed by atoms with E-state index in [0.29, 0.717) is 6.61 Å². The van der Waals surface area contributed by atoms with E-state index in [1.807, 2.05) is 31.2 Å². The highest BCUT2D eigenvalue weighted by atomic mass is 16.5. The molecule has 1 atom stereocenters. The van der Waals surface area contributed by atoms with Crippen LogP contribution in [0.4, 0.5) is 0 Å². The van der Waals surface area contributed by atoms with Crippen LogP contribution in [-0.2, 0) is 6.54 Å². The summed E-state index contributed by atoms with van der Waals surface area (Å²) < 4.78 is 16.2. The first kappa shape index (κ1) is 17.2. The SMILES string of the molecule is CCOc1cccc(CNC(C)c2ccc(OC)c(OC)c2)c1. The molecule has 2 aromatic rings. The van der Waals surface area contributed by atoms with Crippen molar-refractivity contribution in [2.45, 2.75) is 26.4 Å². The Morgan fingerprint density at radius 3 is 2.48 bits per heavy atom. The lowest BCUT2D eigenvalue weighted by Gasteiger charge is -2.17. The van der Waals surface area contributed by atoms with Gasteiger partial charge in [-0.15, -0.1) is 0 Å². The zero-order valence-electron chi connectivity index (χ0n) is 14.3. The molecule has 1 N–H and O–H groups in total. The van der Waals surface area contributed by atoms with Gasteiger partial charge < -0.3 is 19.5 Å². The van der Waals surface area contributed by atoms with E-state index in [4.69, 9.17) is 14.2 Å². The summed E-state index contributed by atoms with van der Waals surface area (Å²) in [7, 11) is 3.30. The molecule has 124 valence electrons. The summed E-state index contributed by atoms with van der Waals surface area (Å²) >= 11 is 0. The topological polar surface area (TPSA) is 39.7 Å². The van der Waals surface area contributed by atoms with Gasteiger partial charge in [-0.2, -0.15) is 0 Å². The highest BCUT2D eigenvalue weighted by Crippen LogP contribution is 2.30. The smallest absolute Gasteiger partial charge is 0.161 e. The van der Waals surface area contributed by atoms with E-state index in [9.17, 15) is 0 Å². The fourth-order valence-corrected chi connectivity index (χ4v) is 2.42. The first-order valence-electron chi connectivity index (χ1n) is 7.85. The Morgan fingerprint density at radius 2 is 1.78 bits per heavy atom. The second-order valence-electron chi connectivity index (χ2n) is 5.30. The van der Waals surface area contributed by atoms with Gasteiger partial charge in [-0.3, -0.25) is 0 Å². The monoisotopic (exact) mass is 315 g/mol. The largest absolute Gasteiger partial charge is 0.494 e. The molecule has 0 aliphatic heterocycles. The van der Waals surface area contributed by atoms with Crippen LogP contribution in [0.2, 0.25) is 0 Å². The van der Waals surface area contributed by atoms with Crippen LogP contribution < -0.4 is 19.5 Å². The van der Waals surface area contributed by atoms with Crippen molar-refractivity contribution in [1.82, 2.24) is 5.32 Å². The Balaban J connectivity index is 2.01. The van der Waals surface area contributed by atoms with Crippen molar-refractivity contribution in [2.75, 3.05) is 20.8 Å². The van der Waals surface area contributed by atoms with Crippen LogP contribution in [0.25, 0.3) is 0 Å². The number of hydrogen-bond donors (Lipinski definition) is 1. The van der Waals surface area contributed by atoms with Crippen LogP contribution in [0.3, 0.4) is 0 Å². The molecule has 23 heavy (non-hydrogen) atoms. The Bertz CT molecular complexity index is 628. The average Bonchev–Trinajstić information content (AvgIpc) is 2.59. The number of ether oxygens (including phenoxy) is 3. The van der Waals surface area contributed by atoms with Gasteiger partial charge in [0.05, 0.1) is 20.8 Å². The summed E-state index contributed by atoms with van der Waals surface area (Å²) in [5.74, 6) is 2.40. The number of nitrogens with one attached hydrogen (secondary N) is 1. The van der Waals surface area contributed by atoms with Gasteiger partial charge in [0.15, 0.2) is 11.5 Å². The van der Waals surface area contributed by atoms with Crippen LogP contribution in [0, 0.1) is 0 Å². The molecular formula is C19H25NO3. The van der Waals surface area contributed by atoms with Crippen molar-refractivity contribution < 1.29 is 14.2 Å². The number of benzene rings is 2. The van der Waals surface area contributed by atoms with Gasteiger partial charge in [0.2, 0.25) is 0 Å². The molecule has 0 bridgehead atoms. The highest BCUT2D eigenvalue weighted by molar-refractivity contribution is 5.43. The maximum atomic E-state index is 5.54. The van der Waals surface area contributed by atoms with Crippen LogP contribution in [0.15, 0.2) is 42.5 Å². The lowest BCUT2D eigenvalue weighted by molar-refractivity contribution is 0.339. The third-order valence-corrected chi connectivity index (χ3v) is 3.73. The third kappa shape index (κ3) is 4.63. The predicted octanol–water partition coefficient (Wildman–Crippen LogP) is 3.95. The average molecular weight is 315 g/mol. The third-order valence-electron chi connectivity index (χ3n) is 3.73. The van der Waals surface area contributed by atoms with Gasteiger partial charge in [0.25, 0.3) is 0 Å². The Hall–Kier alpha value is -2.20. The Kier molecular flexibility index (Phi) is 6.29. The second-order valence-corrected chi connectivity index (χ2v) is 5.30. The van der Waals surface area contributed by atoms with E-state index < -0.39 is 0 Å². The van der Waals surface area contributed by atoms with E-state index in [2.05, 4.69) is 30.4 Å². The molecule has 4 nitrogen and oxygen atoms in total. The summed E-state index contributed by atoms with van der Waals surface area (Å²) in [6.45, 7) is 5.58. The summed E-state index contributed by atoms with van der Waals surface area (Å²) in [5, 5.41) is 3.52. The molecular weight excluding hydrogens is 290 g/mol. The minimum absolute atomic E-state index is 0.200.